The maximum Gasteiger partial charge on any atom is 0.137 e. The second-order valence-corrected chi connectivity index (χ2v) is 3.79. The van der Waals surface area contributed by atoms with Crippen molar-refractivity contribution in [1.29, 1.82) is 0 Å². The molecule has 0 spiro atoms. The van der Waals surface area contributed by atoms with Crippen LogP contribution in [0.4, 0.5) is 4.39 Å². The number of aryl methyl sites for hydroxylation is 1. The summed E-state index contributed by atoms with van der Waals surface area (Å²) in [5.74, 6) is 0. The molecule has 2 N–H and O–H groups in total. The molecule has 2 rings (SSSR count). The fraction of sp³-hybridized carbons (Fsp3) is 0.667. The molecule has 1 atom stereocenters. The molecule has 0 saturated heterocycles. The van der Waals surface area contributed by atoms with Gasteiger partial charge in [0, 0.05) is 24.8 Å². The molecule has 0 aromatic carbocycles. The highest BCUT2D eigenvalue weighted by molar-refractivity contribution is 5.36. The van der Waals surface area contributed by atoms with Gasteiger partial charge in [-0.2, -0.15) is 5.10 Å². The minimum atomic E-state index is -1.22. The molecule has 13 heavy (non-hydrogen) atoms. The lowest BCUT2D eigenvalue weighted by Gasteiger charge is -2.13. The Bertz CT molecular complexity index is 341. The lowest BCUT2D eigenvalue weighted by atomic mass is 10.0. The summed E-state index contributed by atoms with van der Waals surface area (Å²) in [6.07, 6.45) is 1.33. The summed E-state index contributed by atoms with van der Waals surface area (Å²) in [6, 6.07) is 0. The van der Waals surface area contributed by atoms with E-state index in [0.29, 0.717) is 18.7 Å². The van der Waals surface area contributed by atoms with E-state index < -0.39 is 5.67 Å². The Kier molecular flexibility index (Phi) is 1.70. The normalized spacial score (nSPS) is 26.5. The standard InChI is InChI=1S/C9H14FN3/c1-9(10)4-3-7-8(9)6(5-11)12-13(7)2/h3-5,11H2,1-2H3. The molecule has 0 fully saturated rings. The van der Waals surface area contributed by atoms with Crippen molar-refractivity contribution >= 4 is 0 Å². The van der Waals surface area contributed by atoms with Crippen LogP contribution in [-0.4, -0.2) is 9.78 Å². The fourth-order valence-electron chi connectivity index (χ4n) is 2.13. The van der Waals surface area contributed by atoms with E-state index in [1.54, 1.807) is 11.6 Å². The zero-order chi connectivity index (χ0) is 9.64. The molecule has 1 aliphatic rings. The van der Waals surface area contributed by atoms with Crippen molar-refractivity contribution < 1.29 is 4.39 Å². The molecule has 72 valence electrons. The van der Waals surface area contributed by atoms with Gasteiger partial charge >= 0.3 is 0 Å². The quantitative estimate of drug-likeness (QED) is 0.706. The van der Waals surface area contributed by atoms with Crippen molar-refractivity contribution in [2.75, 3.05) is 0 Å². The van der Waals surface area contributed by atoms with Crippen molar-refractivity contribution in [1.82, 2.24) is 9.78 Å². The van der Waals surface area contributed by atoms with Gasteiger partial charge in [0.15, 0.2) is 0 Å². The Morgan fingerprint density at radius 3 is 3.00 bits per heavy atom. The number of nitrogens with two attached hydrogens (primary N) is 1. The molecule has 1 unspecified atom stereocenters. The maximum atomic E-state index is 14.0. The highest BCUT2D eigenvalue weighted by atomic mass is 19.1. The molecule has 4 heteroatoms. The van der Waals surface area contributed by atoms with E-state index in [1.165, 1.54) is 0 Å². The molecule has 1 aliphatic carbocycles. The summed E-state index contributed by atoms with van der Waals surface area (Å²) in [5, 5.41) is 4.20. The SMILES string of the molecule is Cn1nc(CN)c2c1CCC2(C)F. The molecule has 0 aliphatic heterocycles. The zero-order valence-electron chi connectivity index (χ0n) is 7.97. The number of rotatable bonds is 1. The summed E-state index contributed by atoms with van der Waals surface area (Å²) in [6.45, 7) is 1.93. The third-order valence-corrected chi connectivity index (χ3v) is 2.78. The topological polar surface area (TPSA) is 43.8 Å². The number of hydrogen-bond acceptors (Lipinski definition) is 2. The van der Waals surface area contributed by atoms with Crippen LogP contribution in [-0.2, 0) is 25.7 Å². The van der Waals surface area contributed by atoms with E-state index in [2.05, 4.69) is 5.10 Å². The van der Waals surface area contributed by atoms with Crippen molar-refractivity contribution in [2.24, 2.45) is 12.8 Å². The highest BCUT2D eigenvalue weighted by Crippen LogP contribution is 2.41. The van der Waals surface area contributed by atoms with E-state index in [4.69, 9.17) is 5.73 Å². The molecule has 0 radical (unpaired) electrons. The molecular formula is C9H14FN3. The fourth-order valence-corrected chi connectivity index (χ4v) is 2.13. The van der Waals surface area contributed by atoms with Gasteiger partial charge in [0.2, 0.25) is 0 Å². The van der Waals surface area contributed by atoms with Crippen LogP contribution < -0.4 is 5.73 Å². The second kappa shape index (κ2) is 2.54. The molecule has 3 nitrogen and oxygen atoms in total. The van der Waals surface area contributed by atoms with Gasteiger partial charge in [-0.15, -0.1) is 0 Å². The third kappa shape index (κ3) is 1.09. The van der Waals surface area contributed by atoms with Crippen LogP contribution in [0.25, 0.3) is 0 Å². The Hall–Kier alpha value is -0.900. The van der Waals surface area contributed by atoms with Crippen molar-refractivity contribution in [3.05, 3.63) is 17.0 Å². The lowest BCUT2D eigenvalue weighted by molar-refractivity contribution is 0.192. The van der Waals surface area contributed by atoms with E-state index in [9.17, 15) is 4.39 Å². The zero-order valence-corrected chi connectivity index (χ0v) is 7.97. The average Bonchev–Trinajstić information content (AvgIpc) is 2.53. The first-order valence-electron chi connectivity index (χ1n) is 4.50. The van der Waals surface area contributed by atoms with Gasteiger partial charge in [-0.1, -0.05) is 0 Å². The van der Waals surface area contributed by atoms with Crippen LogP contribution in [0.15, 0.2) is 0 Å². The summed E-state index contributed by atoms with van der Waals surface area (Å²) in [5.41, 5.74) is 6.74. The second-order valence-electron chi connectivity index (χ2n) is 3.79. The van der Waals surface area contributed by atoms with Gasteiger partial charge in [-0.3, -0.25) is 4.68 Å². The number of nitrogens with zero attached hydrogens (tertiary/aromatic N) is 2. The Morgan fingerprint density at radius 1 is 1.69 bits per heavy atom. The summed E-state index contributed by atoms with van der Waals surface area (Å²) in [7, 11) is 1.85. The summed E-state index contributed by atoms with van der Waals surface area (Å²) >= 11 is 0. The van der Waals surface area contributed by atoms with Crippen LogP contribution in [0.3, 0.4) is 0 Å². The smallest absolute Gasteiger partial charge is 0.137 e. The highest BCUT2D eigenvalue weighted by Gasteiger charge is 2.39. The van der Waals surface area contributed by atoms with Gasteiger partial charge in [0.25, 0.3) is 0 Å². The summed E-state index contributed by atoms with van der Waals surface area (Å²) in [4.78, 5) is 0. The van der Waals surface area contributed by atoms with Gasteiger partial charge < -0.3 is 5.73 Å². The van der Waals surface area contributed by atoms with Crippen LogP contribution in [0, 0.1) is 0 Å². The largest absolute Gasteiger partial charge is 0.325 e. The van der Waals surface area contributed by atoms with E-state index >= 15 is 0 Å². The first-order chi connectivity index (χ1) is 6.06. The first kappa shape index (κ1) is 8.69. The summed E-state index contributed by atoms with van der Waals surface area (Å²) < 4.78 is 15.7. The third-order valence-electron chi connectivity index (χ3n) is 2.78. The van der Waals surface area contributed by atoms with Crippen molar-refractivity contribution in [3.8, 4) is 0 Å². The molecule has 0 amide bonds. The predicted octanol–water partition coefficient (Wildman–Crippen LogP) is 1.01. The Morgan fingerprint density at radius 2 is 2.38 bits per heavy atom. The van der Waals surface area contributed by atoms with Crippen LogP contribution in [0.2, 0.25) is 0 Å². The predicted molar refractivity (Wildman–Crippen MR) is 47.9 cm³/mol. The van der Waals surface area contributed by atoms with E-state index in [1.807, 2.05) is 7.05 Å². The monoisotopic (exact) mass is 183 g/mol. The van der Waals surface area contributed by atoms with Crippen LogP contribution in [0.5, 0.6) is 0 Å². The minimum absolute atomic E-state index is 0.322. The van der Waals surface area contributed by atoms with E-state index in [0.717, 1.165) is 17.7 Å². The molecular weight excluding hydrogens is 169 g/mol. The molecule has 1 aromatic heterocycles. The molecule has 1 aromatic rings. The number of halogens is 1. The van der Waals surface area contributed by atoms with Crippen LogP contribution in [0.1, 0.15) is 30.3 Å². The van der Waals surface area contributed by atoms with E-state index in [-0.39, 0.29) is 0 Å². The van der Waals surface area contributed by atoms with Crippen LogP contribution >= 0.6 is 0 Å². The first-order valence-corrected chi connectivity index (χ1v) is 4.50. The molecule has 1 heterocycles. The van der Waals surface area contributed by atoms with Gasteiger partial charge in [-0.05, 0) is 19.8 Å². The lowest BCUT2D eigenvalue weighted by Crippen LogP contribution is -2.14. The number of hydrogen-bond donors (Lipinski definition) is 1. The Labute approximate surface area is 76.7 Å². The number of fused-ring (bicyclic) bond motifs is 1. The molecule has 0 bridgehead atoms. The van der Waals surface area contributed by atoms with Crippen molar-refractivity contribution in [3.63, 3.8) is 0 Å². The minimum Gasteiger partial charge on any atom is -0.325 e. The Balaban J connectivity index is 2.60. The molecule has 0 saturated carbocycles. The number of aromatic nitrogens is 2. The average molecular weight is 183 g/mol. The number of alkyl halides is 1. The van der Waals surface area contributed by atoms with Crippen molar-refractivity contribution in [2.45, 2.75) is 32.0 Å². The van der Waals surface area contributed by atoms with Gasteiger partial charge in [0.1, 0.15) is 5.67 Å². The van der Waals surface area contributed by atoms with Gasteiger partial charge in [0.05, 0.1) is 5.69 Å². The maximum absolute atomic E-state index is 14.0. The van der Waals surface area contributed by atoms with Gasteiger partial charge in [-0.25, -0.2) is 4.39 Å².